The Bertz CT molecular complexity index is 888. The zero-order valence-electron chi connectivity index (χ0n) is 15.5. The van der Waals surface area contributed by atoms with Gasteiger partial charge in [0.25, 0.3) is 0 Å². The monoisotopic (exact) mass is 437 g/mol. The summed E-state index contributed by atoms with van der Waals surface area (Å²) in [4.78, 5) is 0. The summed E-state index contributed by atoms with van der Waals surface area (Å²) >= 11 is 12.6. The Kier molecular flexibility index (Phi) is 8.94. The van der Waals surface area contributed by atoms with Crippen LogP contribution in [0.5, 0.6) is 11.5 Å². The number of halogens is 3. The van der Waals surface area contributed by atoms with Crippen molar-refractivity contribution >= 4 is 35.6 Å². The molecule has 0 aliphatic rings. The van der Waals surface area contributed by atoms with Gasteiger partial charge in [-0.25, -0.2) is 0 Å². The summed E-state index contributed by atoms with van der Waals surface area (Å²) in [6.45, 7) is 1.74. The Hall–Kier alpha value is -1.91. The highest BCUT2D eigenvalue weighted by molar-refractivity contribution is 6.32. The zero-order chi connectivity index (χ0) is 19.1. The molecule has 0 fully saturated rings. The quantitative estimate of drug-likeness (QED) is 0.448. The summed E-state index contributed by atoms with van der Waals surface area (Å²) in [6, 6.07) is 21.6. The van der Waals surface area contributed by atoms with Crippen LogP contribution in [-0.4, -0.2) is 7.11 Å². The Balaban J connectivity index is 0.00000280. The predicted molar refractivity (Wildman–Crippen MR) is 118 cm³/mol. The second-order valence-electron chi connectivity index (χ2n) is 6.08. The van der Waals surface area contributed by atoms with Crippen LogP contribution in [0.2, 0.25) is 10.0 Å². The maximum Gasteiger partial charge on any atom is 0.180 e. The first kappa shape index (κ1) is 22.4. The smallest absolute Gasteiger partial charge is 0.180 e. The molecule has 0 amide bonds. The summed E-state index contributed by atoms with van der Waals surface area (Å²) in [6.07, 6.45) is 0. The van der Waals surface area contributed by atoms with E-state index in [2.05, 4.69) is 5.32 Å². The maximum absolute atomic E-state index is 6.45. The molecule has 3 aromatic rings. The van der Waals surface area contributed by atoms with E-state index in [1.54, 1.807) is 7.11 Å². The molecule has 3 nitrogen and oxygen atoms in total. The Morgan fingerprint density at radius 2 is 1.54 bits per heavy atom. The van der Waals surface area contributed by atoms with E-state index in [1.807, 2.05) is 66.7 Å². The number of hydrogen-bond acceptors (Lipinski definition) is 3. The molecule has 0 unspecified atom stereocenters. The van der Waals surface area contributed by atoms with Crippen molar-refractivity contribution in [1.29, 1.82) is 0 Å². The van der Waals surface area contributed by atoms with Crippen LogP contribution in [0, 0.1) is 0 Å². The molecule has 0 aliphatic heterocycles. The fourth-order valence-electron chi connectivity index (χ4n) is 2.73. The molecule has 0 bridgehead atoms. The average Bonchev–Trinajstić information content (AvgIpc) is 2.69. The van der Waals surface area contributed by atoms with E-state index >= 15 is 0 Å². The van der Waals surface area contributed by atoms with Crippen molar-refractivity contribution in [3.05, 3.63) is 93.5 Å². The number of hydrogen-bond donors (Lipinski definition) is 1. The first-order valence-corrected chi connectivity index (χ1v) is 9.40. The lowest BCUT2D eigenvalue weighted by molar-refractivity contribution is 0.284. The lowest BCUT2D eigenvalue weighted by Crippen LogP contribution is -2.13. The molecule has 0 radical (unpaired) electrons. The van der Waals surface area contributed by atoms with E-state index in [9.17, 15) is 0 Å². The molecule has 0 heterocycles. The Morgan fingerprint density at radius 1 is 0.821 bits per heavy atom. The number of nitrogens with one attached hydrogen (secondary N) is 1. The topological polar surface area (TPSA) is 30.5 Å². The fraction of sp³-hybridized carbons (Fsp3) is 0.182. The average molecular weight is 439 g/mol. The molecule has 28 heavy (non-hydrogen) atoms. The molecule has 0 aliphatic carbocycles. The highest BCUT2D eigenvalue weighted by atomic mass is 35.5. The third-order valence-corrected chi connectivity index (χ3v) is 4.77. The van der Waals surface area contributed by atoms with Gasteiger partial charge in [-0.2, -0.15) is 0 Å². The van der Waals surface area contributed by atoms with Crippen molar-refractivity contribution < 1.29 is 9.47 Å². The summed E-state index contributed by atoms with van der Waals surface area (Å²) < 4.78 is 11.4. The summed E-state index contributed by atoms with van der Waals surface area (Å²) in [7, 11) is 1.61. The molecule has 6 heteroatoms. The highest BCUT2D eigenvalue weighted by Gasteiger charge is 2.12. The van der Waals surface area contributed by atoms with Crippen LogP contribution in [0.4, 0.5) is 0 Å². The highest BCUT2D eigenvalue weighted by Crippen LogP contribution is 2.37. The molecular formula is C22H22Cl3NO2. The molecule has 0 saturated heterocycles. The van der Waals surface area contributed by atoms with Crippen LogP contribution in [0.15, 0.2) is 66.7 Å². The Labute approximate surface area is 182 Å². The van der Waals surface area contributed by atoms with Crippen molar-refractivity contribution in [3.63, 3.8) is 0 Å². The predicted octanol–water partition coefficient (Wildman–Crippen LogP) is 6.29. The number of benzene rings is 3. The number of methoxy groups -OCH3 is 1. The molecule has 0 atom stereocenters. The lowest BCUT2D eigenvalue weighted by Gasteiger charge is -2.15. The van der Waals surface area contributed by atoms with E-state index < -0.39 is 0 Å². The first-order chi connectivity index (χ1) is 13.2. The van der Waals surface area contributed by atoms with Crippen LogP contribution in [0.3, 0.4) is 0 Å². The van der Waals surface area contributed by atoms with Crippen LogP contribution in [0.25, 0.3) is 0 Å². The minimum atomic E-state index is 0. The van der Waals surface area contributed by atoms with Gasteiger partial charge in [0.2, 0.25) is 0 Å². The number of ether oxygens (including phenoxy) is 2. The van der Waals surface area contributed by atoms with Crippen LogP contribution < -0.4 is 14.8 Å². The zero-order valence-corrected chi connectivity index (χ0v) is 17.8. The van der Waals surface area contributed by atoms with Crippen LogP contribution >= 0.6 is 35.6 Å². The summed E-state index contributed by atoms with van der Waals surface area (Å²) in [5.74, 6) is 1.17. The number of rotatable bonds is 8. The second-order valence-corrected chi connectivity index (χ2v) is 6.89. The molecule has 148 valence electrons. The normalized spacial score (nSPS) is 10.2. The molecular weight excluding hydrogens is 417 g/mol. The third-order valence-electron chi connectivity index (χ3n) is 4.12. The van der Waals surface area contributed by atoms with E-state index in [4.69, 9.17) is 32.7 Å². The van der Waals surface area contributed by atoms with Crippen molar-refractivity contribution in [2.45, 2.75) is 19.7 Å². The SMILES string of the molecule is COc1cc(CNCc2ccccc2Cl)cc(Cl)c1OCc1ccccc1.Cl. The van der Waals surface area contributed by atoms with Gasteiger partial charge in [0.05, 0.1) is 12.1 Å². The van der Waals surface area contributed by atoms with E-state index in [0.29, 0.717) is 36.2 Å². The van der Waals surface area contributed by atoms with Gasteiger partial charge in [0.1, 0.15) is 6.61 Å². The van der Waals surface area contributed by atoms with E-state index in [-0.39, 0.29) is 12.4 Å². The van der Waals surface area contributed by atoms with Crippen molar-refractivity contribution in [3.8, 4) is 11.5 Å². The summed E-state index contributed by atoms with van der Waals surface area (Å²) in [5, 5.41) is 4.66. The van der Waals surface area contributed by atoms with Crippen molar-refractivity contribution in [2.75, 3.05) is 7.11 Å². The minimum Gasteiger partial charge on any atom is -0.493 e. The fourth-order valence-corrected chi connectivity index (χ4v) is 3.22. The minimum absolute atomic E-state index is 0. The van der Waals surface area contributed by atoms with E-state index in [1.165, 1.54) is 0 Å². The van der Waals surface area contributed by atoms with Gasteiger partial charge in [0.15, 0.2) is 11.5 Å². The van der Waals surface area contributed by atoms with Gasteiger partial charge in [-0.1, -0.05) is 71.7 Å². The van der Waals surface area contributed by atoms with Gasteiger partial charge < -0.3 is 14.8 Å². The van der Waals surface area contributed by atoms with Crippen molar-refractivity contribution in [1.82, 2.24) is 5.32 Å². The molecule has 1 N–H and O–H groups in total. The molecule has 3 aromatic carbocycles. The first-order valence-electron chi connectivity index (χ1n) is 8.64. The third kappa shape index (κ3) is 6.05. The Morgan fingerprint density at radius 3 is 2.25 bits per heavy atom. The second kappa shape index (κ2) is 11.2. The standard InChI is InChI=1S/C22H21Cl2NO2.ClH/c1-26-21-12-17(13-25-14-18-9-5-6-10-19(18)23)11-20(24)22(21)27-15-16-7-3-2-4-8-16;/h2-12,25H,13-15H2,1H3;1H. The molecule has 3 rings (SSSR count). The maximum atomic E-state index is 6.45. The van der Waals surface area contributed by atoms with Crippen LogP contribution in [-0.2, 0) is 19.7 Å². The van der Waals surface area contributed by atoms with Gasteiger partial charge in [-0.3, -0.25) is 0 Å². The van der Waals surface area contributed by atoms with Gasteiger partial charge in [-0.05, 0) is 34.9 Å². The lowest BCUT2D eigenvalue weighted by atomic mass is 10.1. The van der Waals surface area contributed by atoms with Crippen LogP contribution in [0.1, 0.15) is 16.7 Å². The molecule has 0 aromatic heterocycles. The summed E-state index contributed by atoms with van der Waals surface area (Å²) in [5.41, 5.74) is 3.14. The van der Waals surface area contributed by atoms with Gasteiger partial charge >= 0.3 is 0 Å². The molecule has 0 saturated carbocycles. The van der Waals surface area contributed by atoms with Gasteiger partial charge in [-0.15, -0.1) is 12.4 Å². The van der Waals surface area contributed by atoms with Crippen molar-refractivity contribution in [2.24, 2.45) is 0 Å². The van der Waals surface area contributed by atoms with E-state index in [0.717, 1.165) is 21.7 Å². The molecule has 0 spiro atoms. The van der Waals surface area contributed by atoms with Gasteiger partial charge in [0, 0.05) is 18.1 Å². The largest absolute Gasteiger partial charge is 0.493 e.